The zero-order valence-electron chi connectivity index (χ0n) is 22.1. The number of ether oxygens (including phenoxy) is 2. The number of fused-ring (bicyclic) bond motifs is 2. The third-order valence-electron chi connectivity index (χ3n) is 6.64. The van der Waals surface area contributed by atoms with E-state index in [9.17, 15) is 22.8 Å². The van der Waals surface area contributed by atoms with E-state index < -0.39 is 23.2 Å². The highest BCUT2D eigenvalue weighted by Crippen LogP contribution is 2.35. The Labute approximate surface area is 235 Å². The third-order valence-corrected chi connectivity index (χ3v) is 6.64. The number of hydrogen-bond acceptors (Lipinski definition) is 8. The molecule has 212 valence electrons. The van der Waals surface area contributed by atoms with Gasteiger partial charge in [-0.15, -0.1) is 0 Å². The van der Waals surface area contributed by atoms with Crippen LogP contribution in [-0.4, -0.2) is 32.2 Å². The van der Waals surface area contributed by atoms with Gasteiger partial charge in [0.05, 0.1) is 11.8 Å². The minimum Gasteiger partial charge on any atom is -0.454 e. The van der Waals surface area contributed by atoms with E-state index in [1.54, 1.807) is 50.4 Å². The van der Waals surface area contributed by atoms with Crippen LogP contribution in [0, 0.1) is 6.92 Å². The number of amides is 1. The molecule has 2 N–H and O–H groups in total. The van der Waals surface area contributed by atoms with Crippen LogP contribution in [0.2, 0.25) is 0 Å². The van der Waals surface area contributed by atoms with E-state index in [1.165, 1.54) is 22.9 Å². The molecule has 0 fully saturated rings. The Balaban J connectivity index is 1.30. The molecule has 6 rings (SSSR count). The highest BCUT2D eigenvalue weighted by molar-refractivity contribution is 6.04. The summed E-state index contributed by atoms with van der Waals surface area (Å²) in [4.78, 5) is 39.5. The normalized spacial score (nSPS) is 12.4. The first kappa shape index (κ1) is 26.7. The summed E-state index contributed by atoms with van der Waals surface area (Å²) >= 11 is 0. The summed E-state index contributed by atoms with van der Waals surface area (Å²) in [6, 6.07) is 14.2. The van der Waals surface area contributed by atoms with Crippen LogP contribution < -0.4 is 25.7 Å². The van der Waals surface area contributed by atoms with Crippen molar-refractivity contribution in [3.8, 4) is 22.8 Å². The predicted octanol–water partition coefficient (Wildman–Crippen LogP) is 5.44. The van der Waals surface area contributed by atoms with E-state index in [4.69, 9.17) is 9.47 Å². The van der Waals surface area contributed by atoms with Gasteiger partial charge in [0.15, 0.2) is 17.1 Å². The molecule has 0 saturated heterocycles. The first-order valence-corrected chi connectivity index (χ1v) is 12.6. The van der Waals surface area contributed by atoms with Crippen molar-refractivity contribution in [1.82, 2.24) is 19.5 Å². The van der Waals surface area contributed by atoms with Crippen molar-refractivity contribution in [3.63, 3.8) is 0 Å². The van der Waals surface area contributed by atoms with Gasteiger partial charge < -0.3 is 20.1 Å². The average molecular weight is 575 g/mol. The lowest BCUT2D eigenvalue weighted by Crippen LogP contribution is -2.22. The second-order valence-corrected chi connectivity index (χ2v) is 9.48. The van der Waals surface area contributed by atoms with E-state index >= 15 is 0 Å². The third kappa shape index (κ3) is 5.07. The number of hydrogen-bond donors (Lipinski definition) is 2. The first-order chi connectivity index (χ1) is 20.1. The standard InChI is InChI=1S/C29H21F3N6O4/c1-15-6-7-18(34-26(39)16-4-3-5-17(10-16)29(30,31)32)11-20(15)24-27(40)38(2)25-21(36-24)13-33-28(37-25)35-19-8-9-22-23(12-19)42-14-41-22/h3-13H,14H2,1-2H3,(H,34,39)(H,33,35,37). The molecule has 10 nitrogen and oxygen atoms in total. The Morgan fingerprint density at radius 1 is 0.976 bits per heavy atom. The van der Waals surface area contributed by atoms with Crippen LogP contribution in [0.4, 0.5) is 30.5 Å². The lowest BCUT2D eigenvalue weighted by molar-refractivity contribution is -0.137. The number of halogens is 3. The monoisotopic (exact) mass is 574 g/mol. The largest absolute Gasteiger partial charge is 0.454 e. The fourth-order valence-electron chi connectivity index (χ4n) is 4.45. The molecule has 0 atom stereocenters. The van der Waals surface area contributed by atoms with Gasteiger partial charge in [0.2, 0.25) is 12.7 Å². The van der Waals surface area contributed by atoms with Crippen LogP contribution in [-0.2, 0) is 13.2 Å². The minimum absolute atomic E-state index is 0.0951. The molecular formula is C29H21F3N6O4. The number of benzene rings is 3. The number of nitrogens with one attached hydrogen (secondary N) is 2. The Morgan fingerprint density at radius 2 is 1.76 bits per heavy atom. The molecule has 13 heteroatoms. The van der Waals surface area contributed by atoms with E-state index in [-0.39, 0.29) is 35.3 Å². The number of carbonyl (C=O) groups is 1. The van der Waals surface area contributed by atoms with Crippen molar-refractivity contribution in [2.75, 3.05) is 17.4 Å². The Hall–Kier alpha value is -5.46. The average Bonchev–Trinajstić information content (AvgIpc) is 3.44. The lowest BCUT2D eigenvalue weighted by atomic mass is 10.0. The Morgan fingerprint density at radius 3 is 2.57 bits per heavy atom. The van der Waals surface area contributed by atoms with Crippen LogP contribution in [0.15, 0.2) is 71.7 Å². The number of rotatable bonds is 5. The van der Waals surface area contributed by atoms with E-state index in [0.29, 0.717) is 33.8 Å². The molecule has 0 bridgehead atoms. The zero-order valence-corrected chi connectivity index (χ0v) is 22.1. The molecule has 0 aliphatic carbocycles. The molecule has 5 aromatic rings. The van der Waals surface area contributed by atoms with E-state index in [2.05, 4.69) is 25.6 Å². The highest BCUT2D eigenvalue weighted by atomic mass is 19.4. The molecule has 0 spiro atoms. The highest BCUT2D eigenvalue weighted by Gasteiger charge is 2.31. The predicted molar refractivity (Wildman–Crippen MR) is 148 cm³/mol. The maximum atomic E-state index is 13.4. The van der Waals surface area contributed by atoms with E-state index in [1.807, 2.05) is 0 Å². The molecule has 3 heterocycles. The van der Waals surface area contributed by atoms with Gasteiger partial charge in [-0.25, -0.2) is 9.97 Å². The van der Waals surface area contributed by atoms with Crippen LogP contribution in [0.1, 0.15) is 21.5 Å². The van der Waals surface area contributed by atoms with E-state index in [0.717, 1.165) is 12.1 Å². The van der Waals surface area contributed by atoms with Crippen LogP contribution in [0.25, 0.3) is 22.4 Å². The van der Waals surface area contributed by atoms with Gasteiger partial charge in [0, 0.05) is 35.6 Å². The van der Waals surface area contributed by atoms with Gasteiger partial charge in [-0.05, 0) is 55.0 Å². The summed E-state index contributed by atoms with van der Waals surface area (Å²) in [6.45, 7) is 1.92. The zero-order chi connectivity index (χ0) is 29.6. The van der Waals surface area contributed by atoms with Crippen molar-refractivity contribution in [2.45, 2.75) is 13.1 Å². The second-order valence-electron chi connectivity index (χ2n) is 9.48. The Bertz CT molecular complexity index is 1940. The topological polar surface area (TPSA) is 120 Å². The number of anilines is 3. The fourth-order valence-corrected chi connectivity index (χ4v) is 4.45. The number of carbonyl (C=O) groups excluding carboxylic acids is 1. The molecule has 0 saturated carbocycles. The van der Waals surface area contributed by atoms with Crippen molar-refractivity contribution in [2.24, 2.45) is 7.05 Å². The fraction of sp³-hybridized carbons (Fsp3) is 0.138. The molecule has 1 amide bonds. The van der Waals surface area contributed by atoms with Crippen molar-refractivity contribution in [1.29, 1.82) is 0 Å². The van der Waals surface area contributed by atoms with Crippen molar-refractivity contribution < 1.29 is 27.4 Å². The minimum atomic E-state index is -4.58. The summed E-state index contributed by atoms with van der Waals surface area (Å²) in [5, 5.41) is 5.67. The molecule has 0 radical (unpaired) electrons. The van der Waals surface area contributed by atoms with Crippen LogP contribution in [0.3, 0.4) is 0 Å². The summed E-state index contributed by atoms with van der Waals surface area (Å²) < 4.78 is 51.4. The summed E-state index contributed by atoms with van der Waals surface area (Å²) in [6.07, 6.45) is -3.10. The summed E-state index contributed by atoms with van der Waals surface area (Å²) in [7, 11) is 1.56. The number of aromatic nitrogens is 4. The van der Waals surface area contributed by atoms with Gasteiger partial charge in [-0.3, -0.25) is 14.2 Å². The quantitative estimate of drug-likeness (QED) is 0.285. The number of aryl methyl sites for hydroxylation is 2. The van der Waals surface area contributed by atoms with Gasteiger partial charge in [0.25, 0.3) is 11.5 Å². The Kier molecular flexibility index (Phi) is 6.48. The molecule has 1 aliphatic rings. The number of nitrogens with zero attached hydrogens (tertiary/aromatic N) is 4. The van der Waals surface area contributed by atoms with Gasteiger partial charge >= 0.3 is 6.18 Å². The smallest absolute Gasteiger partial charge is 0.416 e. The van der Waals surface area contributed by atoms with Crippen molar-refractivity contribution >= 4 is 34.4 Å². The summed E-state index contributed by atoms with van der Waals surface area (Å²) in [5.41, 5.74) is 1.26. The molecule has 0 unspecified atom stereocenters. The van der Waals surface area contributed by atoms with Crippen LogP contribution >= 0.6 is 0 Å². The van der Waals surface area contributed by atoms with Crippen molar-refractivity contribution in [3.05, 3.63) is 93.9 Å². The maximum absolute atomic E-state index is 13.4. The molecule has 1 aliphatic heterocycles. The van der Waals surface area contributed by atoms with Crippen LogP contribution in [0.5, 0.6) is 11.5 Å². The molecule has 2 aromatic heterocycles. The maximum Gasteiger partial charge on any atom is 0.416 e. The molecular weight excluding hydrogens is 553 g/mol. The van der Waals surface area contributed by atoms with Gasteiger partial charge in [0.1, 0.15) is 11.2 Å². The SMILES string of the molecule is Cc1ccc(NC(=O)c2cccc(C(F)(F)F)c2)cc1-c1nc2cnc(Nc3ccc4c(c3)OCO4)nc2n(C)c1=O. The molecule has 42 heavy (non-hydrogen) atoms. The molecule has 3 aromatic carbocycles. The summed E-state index contributed by atoms with van der Waals surface area (Å²) in [5.74, 6) is 0.726. The number of alkyl halides is 3. The van der Waals surface area contributed by atoms with Gasteiger partial charge in [-0.1, -0.05) is 12.1 Å². The second kappa shape index (κ2) is 10.2. The lowest BCUT2D eigenvalue weighted by Gasteiger charge is -2.13. The van der Waals surface area contributed by atoms with Gasteiger partial charge in [-0.2, -0.15) is 18.2 Å². The first-order valence-electron chi connectivity index (χ1n) is 12.6.